The molecule has 106 valence electrons. The first-order valence-corrected chi connectivity index (χ1v) is 6.91. The van der Waals surface area contributed by atoms with E-state index >= 15 is 0 Å². The molecule has 0 aliphatic heterocycles. The second-order valence-corrected chi connectivity index (χ2v) is 5.05. The molecule has 1 heterocycles. The molecule has 0 radical (unpaired) electrons. The highest BCUT2D eigenvalue weighted by Crippen LogP contribution is 2.08. The maximum Gasteiger partial charge on any atom is 0.331 e. The zero-order valence-electron chi connectivity index (χ0n) is 11.8. The van der Waals surface area contributed by atoms with Crippen molar-refractivity contribution in [3.05, 3.63) is 81.0 Å². The van der Waals surface area contributed by atoms with Gasteiger partial charge in [-0.05, 0) is 24.1 Å². The van der Waals surface area contributed by atoms with Gasteiger partial charge in [0.15, 0.2) is 0 Å². The Labute approximate surface area is 121 Å². The maximum atomic E-state index is 12.4. The van der Waals surface area contributed by atoms with Crippen molar-refractivity contribution in [3.63, 3.8) is 0 Å². The van der Waals surface area contributed by atoms with E-state index in [4.69, 9.17) is 0 Å². The van der Waals surface area contributed by atoms with Gasteiger partial charge in [-0.2, -0.15) is 0 Å². The summed E-state index contributed by atoms with van der Waals surface area (Å²) in [4.78, 5) is 24.5. The summed E-state index contributed by atoms with van der Waals surface area (Å²) in [6, 6.07) is 17.3. The summed E-state index contributed by atoms with van der Waals surface area (Å²) in [5.74, 6) is 0. The van der Waals surface area contributed by atoms with E-state index in [1.165, 1.54) is 17.2 Å². The van der Waals surface area contributed by atoms with Gasteiger partial charge in [-0.1, -0.05) is 42.5 Å². The van der Waals surface area contributed by atoms with Gasteiger partial charge >= 0.3 is 5.69 Å². The van der Waals surface area contributed by atoms with Crippen LogP contribution in [-0.4, -0.2) is 9.13 Å². The molecular formula is C17H16N2O2. The number of benzene rings is 2. The van der Waals surface area contributed by atoms with Gasteiger partial charge in [-0.3, -0.25) is 13.9 Å². The molecule has 0 atom stereocenters. The molecule has 21 heavy (non-hydrogen) atoms. The summed E-state index contributed by atoms with van der Waals surface area (Å²) in [5, 5.41) is 0.577. The Bertz CT molecular complexity index is 892. The molecular weight excluding hydrogens is 264 g/mol. The SMILES string of the molecule is Cn1c(=O)c2ccccc2n(CCc2ccccc2)c1=O. The van der Waals surface area contributed by atoms with Crippen LogP contribution in [0.1, 0.15) is 5.56 Å². The molecule has 1 aromatic heterocycles. The molecule has 0 unspecified atom stereocenters. The van der Waals surface area contributed by atoms with Gasteiger partial charge in [0.1, 0.15) is 0 Å². The smallest absolute Gasteiger partial charge is 0.293 e. The summed E-state index contributed by atoms with van der Waals surface area (Å²) in [7, 11) is 1.52. The van der Waals surface area contributed by atoms with Crippen LogP contribution in [0.2, 0.25) is 0 Å². The molecule has 0 aliphatic carbocycles. The average molecular weight is 280 g/mol. The van der Waals surface area contributed by atoms with Gasteiger partial charge < -0.3 is 0 Å². The van der Waals surface area contributed by atoms with Crippen LogP contribution in [0.4, 0.5) is 0 Å². The number of fused-ring (bicyclic) bond motifs is 1. The fourth-order valence-corrected chi connectivity index (χ4v) is 2.54. The number of hydrogen-bond donors (Lipinski definition) is 0. The predicted octanol–water partition coefficient (Wildman–Crippen LogP) is 1.94. The van der Waals surface area contributed by atoms with Crippen LogP contribution in [0.25, 0.3) is 10.9 Å². The fourth-order valence-electron chi connectivity index (χ4n) is 2.54. The van der Waals surface area contributed by atoms with E-state index in [2.05, 4.69) is 0 Å². The topological polar surface area (TPSA) is 44.0 Å². The van der Waals surface area contributed by atoms with E-state index in [9.17, 15) is 9.59 Å². The first-order valence-electron chi connectivity index (χ1n) is 6.91. The highest BCUT2D eigenvalue weighted by molar-refractivity contribution is 5.77. The van der Waals surface area contributed by atoms with Gasteiger partial charge in [-0.15, -0.1) is 0 Å². The van der Waals surface area contributed by atoms with Gasteiger partial charge in [0.2, 0.25) is 0 Å². The van der Waals surface area contributed by atoms with Crippen LogP contribution < -0.4 is 11.2 Å². The molecule has 0 N–H and O–H groups in total. The Morgan fingerprint density at radius 3 is 2.33 bits per heavy atom. The number of aromatic nitrogens is 2. The lowest BCUT2D eigenvalue weighted by molar-refractivity contribution is 0.625. The number of rotatable bonds is 3. The van der Waals surface area contributed by atoms with Crippen LogP contribution in [0.15, 0.2) is 64.2 Å². The Morgan fingerprint density at radius 2 is 1.57 bits per heavy atom. The minimum atomic E-state index is -0.269. The van der Waals surface area contributed by atoms with Gasteiger partial charge in [0, 0.05) is 13.6 Å². The van der Waals surface area contributed by atoms with Crippen molar-refractivity contribution in [2.75, 3.05) is 0 Å². The lowest BCUT2D eigenvalue weighted by Gasteiger charge is -2.11. The molecule has 4 heteroatoms. The first kappa shape index (κ1) is 13.4. The van der Waals surface area contributed by atoms with Crippen LogP contribution in [0, 0.1) is 0 Å². The third-order valence-electron chi connectivity index (χ3n) is 3.71. The fraction of sp³-hybridized carbons (Fsp3) is 0.176. The lowest BCUT2D eigenvalue weighted by Crippen LogP contribution is -2.38. The van der Waals surface area contributed by atoms with Crippen molar-refractivity contribution in [1.82, 2.24) is 9.13 Å². The van der Waals surface area contributed by atoms with E-state index in [0.717, 1.165) is 6.42 Å². The van der Waals surface area contributed by atoms with Crippen molar-refractivity contribution in [1.29, 1.82) is 0 Å². The van der Waals surface area contributed by atoms with E-state index in [1.807, 2.05) is 48.5 Å². The highest BCUT2D eigenvalue weighted by atomic mass is 16.2. The van der Waals surface area contributed by atoms with Crippen LogP contribution in [-0.2, 0) is 20.0 Å². The van der Waals surface area contributed by atoms with E-state index in [0.29, 0.717) is 17.4 Å². The lowest BCUT2D eigenvalue weighted by atomic mass is 10.1. The van der Waals surface area contributed by atoms with Crippen molar-refractivity contribution < 1.29 is 0 Å². The summed E-state index contributed by atoms with van der Waals surface area (Å²) >= 11 is 0. The molecule has 0 amide bonds. The molecule has 0 saturated heterocycles. The molecule has 0 bridgehead atoms. The second kappa shape index (κ2) is 5.40. The second-order valence-electron chi connectivity index (χ2n) is 5.05. The Morgan fingerprint density at radius 1 is 0.905 bits per heavy atom. The van der Waals surface area contributed by atoms with Crippen LogP contribution in [0.5, 0.6) is 0 Å². The standard InChI is InChI=1S/C17H16N2O2/c1-18-16(20)14-9-5-6-10-15(14)19(17(18)21)12-11-13-7-3-2-4-8-13/h2-10H,11-12H2,1H3. The molecule has 3 aromatic rings. The molecule has 0 spiro atoms. The van der Waals surface area contributed by atoms with Crippen molar-refractivity contribution in [3.8, 4) is 0 Å². The zero-order chi connectivity index (χ0) is 14.8. The third-order valence-corrected chi connectivity index (χ3v) is 3.71. The monoisotopic (exact) mass is 280 g/mol. The van der Waals surface area contributed by atoms with E-state index in [-0.39, 0.29) is 11.2 Å². The molecule has 3 rings (SSSR count). The Balaban J connectivity index is 2.10. The number of nitrogens with zero attached hydrogens (tertiary/aromatic N) is 2. The first-order chi connectivity index (χ1) is 10.2. The molecule has 0 saturated carbocycles. The number of hydrogen-bond acceptors (Lipinski definition) is 2. The minimum Gasteiger partial charge on any atom is -0.293 e. The minimum absolute atomic E-state index is 0.244. The van der Waals surface area contributed by atoms with Crippen molar-refractivity contribution in [2.24, 2.45) is 7.05 Å². The van der Waals surface area contributed by atoms with Crippen molar-refractivity contribution in [2.45, 2.75) is 13.0 Å². The van der Waals surface area contributed by atoms with E-state index < -0.39 is 0 Å². The normalized spacial score (nSPS) is 10.9. The van der Waals surface area contributed by atoms with E-state index in [1.54, 1.807) is 10.6 Å². The molecule has 0 fully saturated rings. The van der Waals surface area contributed by atoms with Gasteiger partial charge in [0.25, 0.3) is 5.56 Å². The number of para-hydroxylation sites is 1. The quantitative estimate of drug-likeness (QED) is 0.736. The van der Waals surface area contributed by atoms with Gasteiger partial charge in [-0.25, -0.2) is 4.79 Å². The maximum absolute atomic E-state index is 12.4. The summed E-state index contributed by atoms with van der Waals surface area (Å²) in [6.45, 7) is 0.553. The zero-order valence-corrected chi connectivity index (χ0v) is 11.8. The molecule has 0 aliphatic rings. The predicted molar refractivity (Wildman–Crippen MR) is 83.6 cm³/mol. The largest absolute Gasteiger partial charge is 0.331 e. The molecule has 2 aromatic carbocycles. The highest BCUT2D eigenvalue weighted by Gasteiger charge is 2.09. The molecule has 4 nitrogen and oxygen atoms in total. The third kappa shape index (κ3) is 2.40. The summed E-state index contributed by atoms with van der Waals surface area (Å²) in [5.41, 5.74) is 1.35. The van der Waals surface area contributed by atoms with Crippen LogP contribution >= 0.6 is 0 Å². The average Bonchev–Trinajstić information content (AvgIpc) is 2.54. The Hall–Kier alpha value is -2.62. The Kier molecular flexibility index (Phi) is 3.44. The number of aryl methyl sites for hydroxylation is 2. The summed E-state index contributed by atoms with van der Waals surface area (Å²) < 4.78 is 2.84. The summed E-state index contributed by atoms with van der Waals surface area (Å²) in [6.07, 6.45) is 0.753. The van der Waals surface area contributed by atoms with Gasteiger partial charge in [0.05, 0.1) is 10.9 Å². The van der Waals surface area contributed by atoms with Crippen molar-refractivity contribution >= 4 is 10.9 Å². The van der Waals surface area contributed by atoms with Crippen LogP contribution in [0.3, 0.4) is 0 Å².